The Balaban J connectivity index is 1.35. The fourth-order valence-corrected chi connectivity index (χ4v) is 3.91. The number of carbonyl (C=O) groups excluding carboxylic acids is 1. The normalized spacial score (nSPS) is 21.4. The van der Waals surface area contributed by atoms with Gasteiger partial charge in [0.15, 0.2) is 0 Å². The SMILES string of the molecule is O=C(CCN1CCN(Cc2ccccc2)CC1)C1CCCCC1. The Kier molecular flexibility index (Phi) is 6.23. The first-order valence-electron chi connectivity index (χ1n) is 9.32. The Morgan fingerprint density at radius 2 is 1.57 bits per heavy atom. The molecule has 3 nitrogen and oxygen atoms in total. The van der Waals surface area contributed by atoms with Gasteiger partial charge in [-0.2, -0.15) is 0 Å². The Morgan fingerprint density at radius 3 is 2.26 bits per heavy atom. The molecule has 0 radical (unpaired) electrons. The molecule has 0 amide bonds. The summed E-state index contributed by atoms with van der Waals surface area (Å²) in [6.07, 6.45) is 6.90. The van der Waals surface area contributed by atoms with E-state index in [1.807, 2.05) is 0 Å². The largest absolute Gasteiger partial charge is 0.300 e. The van der Waals surface area contributed by atoms with E-state index in [4.69, 9.17) is 0 Å². The predicted molar refractivity (Wildman–Crippen MR) is 94.4 cm³/mol. The lowest BCUT2D eigenvalue weighted by molar-refractivity contribution is -0.124. The second kappa shape index (κ2) is 8.60. The first-order valence-corrected chi connectivity index (χ1v) is 9.32. The molecule has 0 atom stereocenters. The van der Waals surface area contributed by atoms with Crippen LogP contribution < -0.4 is 0 Å². The zero-order valence-electron chi connectivity index (χ0n) is 14.3. The maximum Gasteiger partial charge on any atom is 0.137 e. The van der Waals surface area contributed by atoms with E-state index < -0.39 is 0 Å². The molecule has 1 aromatic rings. The molecule has 0 bridgehead atoms. The lowest BCUT2D eigenvalue weighted by Gasteiger charge is -2.34. The van der Waals surface area contributed by atoms with Gasteiger partial charge in [-0.3, -0.25) is 9.69 Å². The van der Waals surface area contributed by atoms with E-state index in [2.05, 4.69) is 40.1 Å². The topological polar surface area (TPSA) is 23.6 Å². The van der Waals surface area contributed by atoms with Gasteiger partial charge in [0.2, 0.25) is 0 Å². The van der Waals surface area contributed by atoms with Crippen LogP contribution >= 0.6 is 0 Å². The van der Waals surface area contributed by atoms with E-state index in [1.54, 1.807) is 0 Å². The van der Waals surface area contributed by atoms with Gasteiger partial charge in [-0.05, 0) is 18.4 Å². The number of Topliss-reactive ketones (excluding diaryl/α,β-unsaturated/α-hetero) is 1. The molecule has 1 saturated carbocycles. The molecule has 1 aliphatic carbocycles. The minimum Gasteiger partial charge on any atom is -0.300 e. The van der Waals surface area contributed by atoms with Crippen LogP contribution in [0.5, 0.6) is 0 Å². The molecule has 1 aliphatic heterocycles. The third-order valence-corrected chi connectivity index (χ3v) is 5.45. The number of benzene rings is 1. The van der Waals surface area contributed by atoms with Gasteiger partial charge in [0.25, 0.3) is 0 Å². The van der Waals surface area contributed by atoms with Crippen molar-refractivity contribution >= 4 is 5.78 Å². The van der Waals surface area contributed by atoms with E-state index in [0.717, 1.165) is 58.5 Å². The molecule has 2 aliphatic rings. The highest BCUT2D eigenvalue weighted by Gasteiger charge is 2.22. The molecule has 0 unspecified atom stereocenters. The van der Waals surface area contributed by atoms with Crippen LogP contribution in [0.1, 0.15) is 44.1 Å². The number of carbonyl (C=O) groups is 1. The number of hydrogen-bond donors (Lipinski definition) is 0. The van der Waals surface area contributed by atoms with Crippen LogP contribution in [0.3, 0.4) is 0 Å². The second-order valence-corrected chi connectivity index (χ2v) is 7.15. The van der Waals surface area contributed by atoms with Crippen molar-refractivity contribution in [2.75, 3.05) is 32.7 Å². The van der Waals surface area contributed by atoms with Crippen molar-refractivity contribution in [3.63, 3.8) is 0 Å². The van der Waals surface area contributed by atoms with Gasteiger partial charge >= 0.3 is 0 Å². The van der Waals surface area contributed by atoms with Crippen LogP contribution in [0.25, 0.3) is 0 Å². The molecule has 0 aromatic heterocycles. The molecular weight excluding hydrogens is 284 g/mol. The summed E-state index contributed by atoms with van der Waals surface area (Å²) in [5, 5.41) is 0. The van der Waals surface area contributed by atoms with E-state index in [9.17, 15) is 4.79 Å². The highest BCUT2D eigenvalue weighted by Crippen LogP contribution is 2.25. The average molecular weight is 314 g/mol. The van der Waals surface area contributed by atoms with Gasteiger partial charge in [-0.1, -0.05) is 49.6 Å². The Bertz CT molecular complexity index is 474. The summed E-state index contributed by atoms with van der Waals surface area (Å²) in [6, 6.07) is 10.7. The highest BCUT2D eigenvalue weighted by molar-refractivity contribution is 5.81. The Labute approximate surface area is 140 Å². The molecule has 1 heterocycles. The molecule has 1 saturated heterocycles. The molecule has 3 heteroatoms. The van der Waals surface area contributed by atoms with Crippen molar-refractivity contribution < 1.29 is 4.79 Å². The summed E-state index contributed by atoms with van der Waals surface area (Å²) in [7, 11) is 0. The molecule has 0 N–H and O–H groups in total. The Hall–Kier alpha value is -1.19. The van der Waals surface area contributed by atoms with Crippen LogP contribution in [-0.2, 0) is 11.3 Å². The predicted octanol–water partition coefficient (Wildman–Crippen LogP) is 3.34. The lowest BCUT2D eigenvalue weighted by atomic mass is 9.85. The van der Waals surface area contributed by atoms with Crippen molar-refractivity contribution in [3.8, 4) is 0 Å². The fraction of sp³-hybridized carbons (Fsp3) is 0.650. The number of piperazine rings is 1. The zero-order valence-corrected chi connectivity index (χ0v) is 14.3. The maximum absolute atomic E-state index is 12.3. The summed E-state index contributed by atoms with van der Waals surface area (Å²) in [5.74, 6) is 0.902. The van der Waals surface area contributed by atoms with Crippen LogP contribution in [0, 0.1) is 5.92 Å². The van der Waals surface area contributed by atoms with Crippen molar-refractivity contribution in [2.24, 2.45) is 5.92 Å². The van der Waals surface area contributed by atoms with E-state index in [-0.39, 0.29) is 0 Å². The molecule has 126 valence electrons. The fourth-order valence-electron chi connectivity index (χ4n) is 3.91. The van der Waals surface area contributed by atoms with Crippen LogP contribution in [-0.4, -0.2) is 48.3 Å². The summed E-state index contributed by atoms with van der Waals surface area (Å²) in [6.45, 7) is 6.46. The zero-order chi connectivity index (χ0) is 15.9. The molecular formula is C20H30N2O. The van der Waals surface area contributed by atoms with Crippen molar-refractivity contribution in [1.82, 2.24) is 9.80 Å². The Morgan fingerprint density at radius 1 is 0.913 bits per heavy atom. The van der Waals surface area contributed by atoms with Gasteiger partial charge < -0.3 is 4.90 Å². The number of ketones is 1. The summed E-state index contributed by atoms with van der Waals surface area (Å²) in [5.41, 5.74) is 1.40. The molecule has 1 aromatic carbocycles. The quantitative estimate of drug-likeness (QED) is 0.804. The van der Waals surface area contributed by atoms with E-state index in [1.165, 1.54) is 24.8 Å². The van der Waals surface area contributed by atoms with Crippen molar-refractivity contribution in [3.05, 3.63) is 35.9 Å². The standard InChI is InChI=1S/C20H30N2O/c23-20(19-9-5-2-6-10-19)11-12-21-13-15-22(16-14-21)17-18-7-3-1-4-8-18/h1,3-4,7-8,19H,2,5-6,9-17H2. The lowest BCUT2D eigenvalue weighted by Crippen LogP contribution is -2.46. The first kappa shape index (κ1) is 16.7. The number of hydrogen-bond acceptors (Lipinski definition) is 3. The van der Waals surface area contributed by atoms with E-state index in [0.29, 0.717) is 11.7 Å². The maximum atomic E-state index is 12.3. The minimum atomic E-state index is 0.378. The summed E-state index contributed by atoms with van der Waals surface area (Å²) >= 11 is 0. The molecule has 23 heavy (non-hydrogen) atoms. The van der Waals surface area contributed by atoms with Crippen molar-refractivity contribution in [2.45, 2.75) is 45.1 Å². The van der Waals surface area contributed by atoms with E-state index >= 15 is 0 Å². The van der Waals surface area contributed by atoms with Gasteiger partial charge in [-0.25, -0.2) is 0 Å². The van der Waals surface area contributed by atoms with Gasteiger partial charge in [-0.15, -0.1) is 0 Å². The third kappa shape index (κ3) is 5.15. The smallest absolute Gasteiger partial charge is 0.137 e. The van der Waals surface area contributed by atoms with Gasteiger partial charge in [0.05, 0.1) is 0 Å². The van der Waals surface area contributed by atoms with Crippen molar-refractivity contribution in [1.29, 1.82) is 0 Å². The van der Waals surface area contributed by atoms with Gasteiger partial charge in [0, 0.05) is 51.6 Å². The summed E-state index contributed by atoms with van der Waals surface area (Å²) in [4.78, 5) is 17.3. The van der Waals surface area contributed by atoms with Crippen LogP contribution in [0.2, 0.25) is 0 Å². The molecule has 0 spiro atoms. The van der Waals surface area contributed by atoms with Gasteiger partial charge in [0.1, 0.15) is 5.78 Å². The average Bonchev–Trinajstić information content (AvgIpc) is 2.62. The third-order valence-electron chi connectivity index (χ3n) is 5.45. The monoisotopic (exact) mass is 314 g/mol. The first-order chi connectivity index (χ1) is 11.3. The molecule has 2 fully saturated rings. The minimum absolute atomic E-state index is 0.378. The summed E-state index contributed by atoms with van der Waals surface area (Å²) < 4.78 is 0. The van der Waals surface area contributed by atoms with Crippen LogP contribution in [0.15, 0.2) is 30.3 Å². The highest BCUT2D eigenvalue weighted by atomic mass is 16.1. The number of rotatable bonds is 6. The van der Waals surface area contributed by atoms with Crippen LogP contribution in [0.4, 0.5) is 0 Å². The second-order valence-electron chi connectivity index (χ2n) is 7.15. The molecule has 3 rings (SSSR count). The number of nitrogens with zero attached hydrogens (tertiary/aromatic N) is 2.